The number of nitriles is 1. The number of carbonyl (C=O) groups is 1. The van der Waals surface area contributed by atoms with Crippen molar-refractivity contribution in [2.45, 2.75) is 13.3 Å². The van der Waals surface area contributed by atoms with Crippen molar-refractivity contribution in [2.75, 3.05) is 0 Å². The molecule has 0 N–H and O–H groups in total. The third-order valence-electron chi connectivity index (χ3n) is 2.93. The van der Waals surface area contributed by atoms with E-state index in [4.69, 9.17) is 10.00 Å². The van der Waals surface area contributed by atoms with Crippen LogP contribution in [0.15, 0.2) is 36.4 Å². The summed E-state index contributed by atoms with van der Waals surface area (Å²) in [5, 5.41) is 8.61. The largest absolute Gasteiger partial charge is 0.423 e. The van der Waals surface area contributed by atoms with Gasteiger partial charge in [-0.25, -0.2) is 13.6 Å². The first-order valence-electron chi connectivity index (χ1n) is 6.25. The van der Waals surface area contributed by atoms with E-state index in [-0.39, 0.29) is 16.9 Å². The average molecular weight is 287 g/mol. The van der Waals surface area contributed by atoms with Gasteiger partial charge in [-0.2, -0.15) is 5.26 Å². The maximum atomic E-state index is 13.8. The summed E-state index contributed by atoms with van der Waals surface area (Å²) in [6, 6.07) is 9.24. The van der Waals surface area contributed by atoms with Crippen molar-refractivity contribution in [2.24, 2.45) is 0 Å². The Labute approximate surface area is 120 Å². The zero-order chi connectivity index (χ0) is 15.4. The van der Waals surface area contributed by atoms with Crippen molar-refractivity contribution in [3.8, 4) is 11.8 Å². The van der Waals surface area contributed by atoms with E-state index in [0.29, 0.717) is 6.42 Å². The minimum Gasteiger partial charge on any atom is -0.423 e. The summed E-state index contributed by atoms with van der Waals surface area (Å²) in [6.45, 7) is 1.87. The van der Waals surface area contributed by atoms with Gasteiger partial charge in [0.15, 0.2) is 0 Å². The average Bonchev–Trinajstić information content (AvgIpc) is 2.47. The number of aryl methyl sites for hydroxylation is 1. The van der Waals surface area contributed by atoms with E-state index in [0.717, 1.165) is 11.6 Å². The van der Waals surface area contributed by atoms with Crippen molar-refractivity contribution in [3.63, 3.8) is 0 Å². The minimum absolute atomic E-state index is 0.0875. The molecule has 0 radical (unpaired) electrons. The summed E-state index contributed by atoms with van der Waals surface area (Å²) >= 11 is 0. The Morgan fingerprint density at radius 3 is 2.52 bits per heavy atom. The van der Waals surface area contributed by atoms with Crippen LogP contribution < -0.4 is 4.74 Å². The second-order valence-corrected chi connectivity index (χ2v) is 4.31. The summed E-state index contributed by atoms with van der Waals surface area (Å²) in [5.41, 5.74) is 0.374. The highest BCUT2D eigenvalue weighted by molar-refractivity contribution is 5.91. The number of benzene rings is 2. The van der Waals surface area contributed by atoms with Gasteiger partial charge in [-0.1, -0.05) is 13.0 Å². The number of esters is 1. The Hall–Kier alpha value is -2.74. The molecular weight excluding hydrogens is 276 g/mol. The van der Waals surface area contributed by atoms with Crippen LogP contribution in [-0.2, 0) is 6.42 Å². The van der Waals surface area contributed by atoms with Gasteiger partial charge in [0.2, 0.25) is 0 Å². The summed E-state index contributed by atoms with van der Waals surface area (Å²) in [6.07, 6.45) is 0.646. The lowest BCUT2D eigenvalue weighted by Crippen LogP contribution is -2.11. The topological polar surface area (TPSA) is 50.1 Å². The lowest BCUT2D eigenvalue weighted by molar-refractivity contribution is 0.0729. The van der Waals surface area contributed by atoms with Crippen LogP contribution in [0.5, 0.6) is 5.75 Å². The molecule has 0 saturated carbocycles. The Kier molecular flexibility index (Phi) is 4.29. The number of nitrogens with zero attached hydrogens (tertiary/aromatic N) is 1. The molecule has 0 atom stereocenters. The highest BCUT2D eigenvalue weighted by atomic mass is 19.1. The molecule has 0 bridgehead atoms. The van der Waals surface area contributed by atoms with Gasteiger partial charge in [0.25, 0.3) is 0 Å². The Bertz CT molecular complexity index is 736. The maximum Gasteiger partial charge on any atom is 0.346 e. The number of halogens is 2. The molecule has 2 rings (SSSR count). The van der Waals surface area contributed by atoms with E-state index in [1.54, 1.807) is 12.1 Å². The zero-order valence-electron chi connectivity index (χ0n) is 11.2. The van der Waals surface area contributed by atoms with Gasteiger partial charge in [-0.3, -0.25) is 0 Å². The Balaban J connectivity index is 2.22. The fraction of sp³-hybridized carbons (Fsp3) is 0.125. The SMILES string of the molecule is CCc1ccc(C(=O)Oc2ccc(C#N)c(F)c2)c(F)c1. The van der Waals surface area contributed by atoms with Crippen molar-refractivity contribution < 1.29 is 18.3 Å². The predicted octanol–water partition coefficient (Wildman–Crippen LogP) is 3.62. The van der Waals surface area contributed by atoms with Crippen molar-refractivity contribution in [1.29, 1.82) is 5.26 Å². The molecule has 21 heavy (non-hydrogen) atoms. The number of hydrogen-bond donors (Lipinski definition) is 0. The monoisotopic (exact) mass is 287 g/mol. The molecule has 0 amide bonds. The molecule has 0 spiro atoms. The van der Waals surface area contributed by atoms with Gasteiger partial charge >= 0.3 is 5.97 Å². The van der Waals surface area contributed by atoms with Crippen LogP contribution >= 0.6 is 0 Å². The molecule has 0 aliphatic rings. The van der Waals surface area contributed by atoms with E-state index in [1.807, 2.05) is 6.92 Å². The van der Waals surface area contributed by atoms with Gasteiger partial charge in [-0.05, 0) is 36.2 Å². The van der Waals surface area contributed by atoms with E-state index >= 15 is 0 Å². The molecule has 0 saturated heterocycles. The molecule has 2 aromatic carbocycles. The van der Waals surface area contributed by atoms with Crippen molar-refractivity contribution in [1.82, 2.24) is 0 Å². The van der Waals surface area contributed by atoms with E-state index < -0.39 is 17.6 Å². The number of rotatable bonds is 3. The van der Waals surface area contributed by atoms with Crippen LogP contribution in [-0.4, -0.2) is 5.97 Å². The fourth-order valence-corrected chi connectivity index (χ4v) is 1.76. The first kappa shape index (κ1) is 14.7. The van der Waals surface area contributed by atoms with Gasteiger partial charge < -0.3 is 4.74 Å². The first-order valence-corrected chi connectivity index (χ1v) is 6.25. The highest BCUT2D eigenvalue weighted by Crippen LogP contribution is 2.19. The van der Waals surface area contributed by atoms with Crippen LogP contribution in [0.25, 0.3) is 0 Å². The summed E-state index contributed by atoms with van der Waals surface area (Å²) < 4.78 is 32.1. The first-order chi connectivity index (χ1) is 10.0. The molecule has 106 valence electrons. The van der Waals surface area contributed by atoms with Crippen LogP contribution in [0.4, 0.5) is 8.78 Å². The standard InChI is InChI=1S/C16H11F2NO2/c1-2-10-3-6-13(15(18)7-10)16(20)21-12-5-4-11(9-19)14(17)8-12/h3-8H,2H2,1H3. The van der Waals surface area contributed by atoms with E-state index in [2.05, 4.69) is 0 Å². The number of carbonyl (C=O) groups excluding carboxylic acids is 1. The lowest BCUT2D eigenvalue weighted by atomic mass is 10.1. The number of ether oxygens (including phenoxy) is 1. The molecule has 0 aliphatic heterocycles. The fourth-order valence-electron chi connectivity index (χ4n) is 1.76. The van der Waals surface area contributed by atoms with Crippen LogP contribution in [0, 0.1) is 23.0 Å². The minimum atomic E-state index is -0.917. The third kappa shape index (κ3) is 3.23. The maximum absolute atomic E-state index is 13.8. The molecule has 0 unspecified atom stereocenters. The van der Waals surface area contributed by atoms with Gasteiger partial charge in [0.1, 0.15) is 23.5 Å². The molecular formula is C16H11F2NO2. The summed E-state index contributed by atoms with van der Waals surface area (Å²) in [5.74, 6) is -2.49. The Morgan fingerprint density at radius 1 is 1.19 bits per heavy atom. The molecule has 0 heterocycles. The molecule has 0 aliphatic carbocycles. The normalized spacial score (nSPS) is 10.0. The molecule has 0 aromatic heterocycles. The summed E-state index contributed by atoms with van der Waals surface area (Å²) in [4.78, 5) is 11.9. The third-order valence-corrected chi connectivity index (χ3v) is 2.93. The smallest absolute Gasteiger partial charge is 0.346 e. The second kappa shape index (κ2) is 6.14. The van der Waals surface area contributed by atoms with Crippen molar-refractivity contribution >= 4 is 5.97 Å². The van der Waals surface area contributed by atoms with Crippen LogP contribution in [0.2, 0.25) is 0 Å². The van der Waals surface area contributed by atoms with Crippen LogP contribution in [0.1, 0.15) is 28.4 Å². The molecule has 5 heteroatoms. The van der Waals surface area contributed by atoms with Gasteiger partial charge in [0, 0.05) is 6.07 Å². The molecule has 0 fully saturated rings. The Morgan fingerprint density at radius 2 is 1.95 bits per heavy atom. The van der Waals surface area contributed by atoms with Gasteiger partial charge in [-0.15, -0.1) is 0 Å². The number of hydrogen-bond acceptors (Lipinski definition) is 3. The second-order valence-electron chi connectivity index (χ2n) is 4.31. The van der Waals surface area contributed by atoms with Crippen molar-refractivity contribution in [3.05, 3.63) is 64.7 Å². The zero-order valence-corrected chi connectivity index (χ0v) is 11.2. The van der Waals surface area contributed by atoms with Crippen LogP contribution in [0.3, 0.4) is 0 Å². The van der Waals surface area contributed by atoms with E-state index in [9.17, 15) is 13.6 Å². The highest BCUT2D eigenvalue weighted by Gasteiger charge is 2.15. The molecule has 2 aromatic rings. The lowest BCUT2D eigenvalue weighted by Gasteiger charge is -2.06. The quantitative estimate of drug-likeness (QED) is 0.640. The predicted molar refractivity (Wildman–Crippen MR) is 71.9 cm³/mol. The molecule has 3 nitrogen and oxygen atoms in total. The van der Waals surface area contributed by atoms with Gasteiger partial charge in [0.05, 0.1) is 11.1 Å². The summed E-state index contributed by atoms with van der Waals surface area (Å²) in [7, 11) is 0. The van der Waals surface area contributed by atoms with E-state index in [1.165, 1.54) is 24.3 Å².